The van der Waals surface area contributed by atoms with Crippen LogP contribution in [-0.2, 0) is 17.6 Å². The van der Waals surface area contributed by atoms with Gasteiger partial charge in [-0.1, -0.05) is 48.5 Å². The summed E-state index contributed by atoms with van der Waals surface area (Å²) in [5.41, 5.74) is 3.10. The number of alkyl halides is 3. The van der Waals surface area contributed by atoms with Crippen molar-refractivity contribution in [1.82, 2.24) is 9.58 Å². The Morgan fingerprint density at radius 2 is 1.54 bits per heavy atom. The van der Waals surface area contributed by atoms with Crippen molar-refractivity contribution in [3.05, 3.63) is 99.0 Å². The molecular formula is C25H22F3N3O4. The molecule has 5 rings (SSSR count). The lowest BCUT2D eigenvalue weighted by Gasteiger charge is -2.44. The number of rotatable bonds is 4. The van der Waals surface area contributed by atoms with Gasteiger partial charge in [-0.15, -0.1) is 13.2 Å². The molecule has 7 nitrogen and oxygen atoms in total. The highest BCUT2D eigenvalue weighted by atomic mass is 19.4. The number of pyridine rings is 1. The van der Waals surface area contributed by atoms with E-state index in [0.717, 1.165) is 46.1 Å². The minimum atomic E-state index is -4.84. The number of aromatic nitrogens is 1. The largest absolute Gasteiger partial charge is 0.522 e. The fourth-order valence-electron chi connectivity index (χ4n) is 4.85. The second-order valence-electron chi connectivity index (χ2n) is 8.47. The second kappa shape index (κ2) is 8.77. The summed E-state index contributed by atoms with van der Waals surface area (Å²) in [6.07, 6.45) is -1.84. The van der Waals surface area contributed by atoms with Crippen LogP contribution in [0.4, 0.5) is 13.2 Å². The van der Waals surface area contributed by atoms with E-state index in [1.54, 1.807) is 5.01 Å². The predicted molar refractivity (Wildman–Crippen MR) is 121 cm³/mol. The molecule has 2 aromatic carbocycles. The van der Waals surface area contributed by atoms with E-state index in [1.165, 1.54) is 10.9 Å². The molecule has 0 radical (unpaired) electrons. The SMILES string of the molecule is O=C1c2c(O)c(=O)ccn2N(C2c3ccccc3CCc3ccccc32)CN1CCOC(F)(F)F. The molecule has 1 aromatic heterocycles. The Morgan fingerprint density at radius 3 is 2.14 bits per heavy atom. The zero-order valence-corrected chi connectivity index (χ0v) is 18.5. The molecule has 0 atom stereocenters. The molecule has 2 heterocycles. The summed E-state index contributed by atoms with van der Waals surface area (Å²) in [7, 11) is 0. The molecule has 182 valence electrons. The number of carbonyl (C=O) groups is 1. The highest BCUT2D eigenvalue weighted by Gasteiger charge is 2.38. The van der Waals surface area contributed by atoms with Crippen LogP contribution in [0.1, 0.15) is 38.8 Å². The van der Waals surface area contributed by atoms with Crippen molar-refractivity contribution in [3.63, 3.8) is 0 Å². The van der Waals surface area contributed by atoms with Crippen LogP contribution >= 0.6 is 0 Å². The molecule has 0 saturated carbocycles. The van der Waals surface area contributed by atoms with Crippen molar-refractivity contribution in [3.8, 4) is 5.75 Å². The minimum Gasteiger partial charge on any atom is -0.502 e. The van der Waals surface area contributed by atoms with Crippen molar-refractivity contribution in [2.75, 3.05) is 24.8 Å². The van der Waals surface area contributed by atoms with E-state index in [0.29, 0.717) is 0 Å². The average Bonchev–Trinajstić information content (AvgIpc) is 2.99. The molecule has 0 saturated heterocycles. The van der Waals surface area contributed by atoms with Crippen molar-refractivity contribution < 1.29 is 27.8 Å². The van der Waals surface area contributed by atoms with E-state index >= 15 is 0 Å². The fourth-order valence-corrected chi connectivity index (χ4v) is 4.85. The predicted octanol–water partition coefficient (Wildman–Crippen LogP) is 3.33. The number of ether oxygens (including phenoxy) is 1. The Labute approximate surface area is 198 Å². The first-order valence-electron chi connectivity index (χ1n) is 11.1. The molecule has 0 unspecified atom stereocenters. The van der Waals surface area contributed by atoms with Crippen molar-refractivity contribution in [2.45, 2.75) is 25.2 Å². The van der Waals surface area contributed by atoms with Gasteiger partial charge in [-0.05, 0) is 35.1 Å². The number of hydrogen-bond acceptors (Lipinski definition) is 5. The highest BCUT2D eigenvalue weighted by molar-refractivity contribution is 5.96. The monoisotopic (exact) mass is 485 g/mol. The number of aromatic hydroxyl groups is 1. The van der Waals surface area contributed by atoms with Crippen LogP contribution < -0.4 is 10.4 Å². The quantitative estimate of drug-likeness (QED) is 0.614. The van der Waals surface area contributed by atoms with E-state index < -0.39 is 36.1 Å². The maximum atomic E-state index is 13.2. The molecule has 0 bridgehead atoms. The molecule has 1 N–H and O–H groups in total. The van der Waals surface area contributed by atoms with Gasteiger partial charge in [0.25, 0.3) is 5.91 Å². The summed E-state index contributed by atoms with van der Waals surface area (Å²) >= 11 is 0. The Morgan fingerprint density at radius 1 is 0.943 bits per heavy atom. The lowest BCUT2D eigenvalue weighted by atomic mass is 9.94. The smallest absolute Gasteiger partial charge is 0.502 e. The van der Waals surface area contributed by atoms with Gasteiger partial charge in [-0.2, -0.15) is 0 Å². The number of fused-ring (bicyclic) bond motifs is 3. The number of nitrogens with zero attached hydrogens (tertiary/aromatic N) is 3. The van der Waals surface area contributed by atoms with E-state index in [1.807, 2.05) is 48.5 Å². The topological polar surface area (TPSA) is 75.0 Å². The van der Waals surface area contributed by atoms with Crippen LogP contribution in [0.15, 0.2) is 65.6 Å². The number of amides is 1. The van der Waals surface area contributed by atoms with Gasteiger partial charge in [0.2, 0.25) is 5.43 Å². The summed E-state index contributed by atoms with van der Waals surface area (Å²) in [6, 6.07) is 16.5. The zero-order valence-electron chi connectivity index (χ0n) is 18.5. The van der Waals surface area contributed by atoms with Gasteiger partial charge in [-0.3, -0.25) is 24.0 Å². The molecule has 1 aliphatic carbocycles. The van der Waals surface area contributed by atoms with Gasteiger partial charge in [0.05, 0.1) is 12.6 Å². The minimum absolute atomic E-state index is 0.0807. The molecule has 2 aliphatic rings. The number of carbonyl (C=O) groups excluding carboxylic acids is 1. The van der Waals surface area contributed by atoms with Crippen molar-refractivity contribution >= 4 is 5.91 Å². The van der Waals surface area contributed by atoms with Gasteiger partial charge >= 0.3 is 6.36 Å². The first kappa shape index (κ1) is 23.0. The maximum absolute atomic E-state index is 13.2. The number of halogens is 3. The summed E-state index contributed by atoms with van der Waals surface area (Å²) < 4.78 is 43.1. The Balaban J connectivity index is 1.65. The normalized spacial score (nSPS) is 15.9. The van der Waals surface area contributed by atoms with E-state index in [4.69, 9.17) is 0 Å². The highest BCUT2D eigenvalue weighted by Crippen LogP contribution is 2.38. The van der Waals surface area contributed by atoms with E-state index in [-0.39, 0.29) is 18.9 Å². The molecule has 1 amide bonds. The average molecular weight is 485 g/mol. The van der Waals surface area contributed by atoms with Gasteiger partial charge in [0.1, 0.15) is 6.67 Å². The standard InChI is InChI=1S/C25H22F3N3O4/c26-25(27,28)35-14-13-29-15-31(30-12-11-20(32)23(33)22(30)24(29)34)21-18-7-3-1-5-16(18)9-10-17-6-2-4-8-19(17)21/h1-8,11-12,21,33H,9-10,13-15H2. The summed E-state index contributed by atoms with van der Waals surface area (Å²) in [5.74, 6) is -1.50. The molecule has 3 aromatic rings. The van der Waals surface area contributed by atoms with Crippen LogP contribution in [-0.4, -0.2) is 46.8 Å². The molecule has 1 aliphatic heterocycles. The molecule has 0 fully saturated rings. The van der Waals surface area contributed by atoms with Crippen LogP contribution in [0, 0.1) is 0 Å². The van der Waals surface area contributed by atoms with Crippen LogP contribution in [0.3, 0.4) is 0 Å². The van der Waals surface area contributed by atoms with Gasteiger partial charge in [0, 0.05) is 18.8 Å². The van der Waals surface area contributed by atoms with Crippen molar-refractivity contribution in [1.29, 1.82) is 0 Å². The lowest BCUT2D eigenvalue weighted by molar-refractivity contribution is -0.324. The van der Waals surface area contributed by atoms with E-state index in [2.05, 4.69) is 4.74 Å². The molecule has 35 heavy (non-hydrogen) atoms. The number of benzene rings is 2. The third kappa shape index (κ3) is 4.25. The van der Waals surface area contributed by atoms with Gasteiger partial charge < -0.3 is 10.0 Å². The third-order valence-electron chi connectivity index (χ3n) is 6.42. The summed E-state index contributed by atoms with van der Waals surface area (Å²) in [4.78, 5) is 26.5. The fraction of sp³-hybridized carbons (Fsp3) is 0.280. The van der Waals surface area contributed by atoms with Gasteiger partial charge in [-0.25, -0.2) is 0 Å². The first-order valence-corrected chi connectivity index (χ1v) is 11.1. The number of hydrogen-bond donors (Lipinski definition) is 1. The molecule has 10 heteroatoms. The van der Waals surface area contributed by atoms with Crippen LogP contribution in [0.5, 0.6) is 5.75 Å². The summed E-state index contributed by atoms with van der Waals surface area (Å²) in [6.45, 7) is -1.24. The maximum Gasteiger partial charge on any atom is 0.522 e. The first-order chi connectivity index (χ1) is 16.7. The van der Waals surface area contributed by atoms with Crippen LogP contribution in [0.2, 0.25) is 0 Å². The van der Waals surface area contributed by atoms with Gasteiger partial charge in [0.15, 0.2) is 11.4 Å². The molecule has 0 spiro atoms. The Bertz CT molecular complexity index is 1290. The third-order valence-corrected chi connectivity index (χ3v) is 6.42. The van der Waals surface area contributed by atoms with Crippen LogP contribution in [0.25, 0.3) is 0 Å². The summed E-state index contributed by atoms with van der Waals surface area (Å²) in [5, 5.41) is 12.3. The lowest BCUT2D eigenvalue weighted by Crippen LogP contribution is -2.56. The van der Waals surface area contributed by atoms with E-state index in [9.17, 15) is 27.9 Å². The zero-order chi connectivity index (χ0) is 24.7. The number of aryl methyl sites for hydroxylation is 2. The Hall–Kier alpha value is -3.79. The second-order valence-corrected chi connectivity index (χ2v) is 8.47. The van der Waals surface area contributed by atoms with Crippen molar-refractivity contribution in [2.24, 2.45) is 0 Å². The molecular weight excluding hydrogens is 463 g/mol. The Kier molecular flexibility index (Phi) is 5.76.